The molecule has 0 amide bonds. The Kier molecular flexibility index (Phi) is 3.62. The van der Waals surface area contributed by atoms with Crippen molar-refractivity contribution in [3.63, 3.8) is 0 Å². The number of benzene rings is 1. The minimum Gasteiger partial charge on any atom is -0.353 e. The molecular weight excluding hydrogens is 242 g/mol. The summed E-state index contributed by atoms with van der Waals surface area (Å²) in [7, 11) is 0. The van der Waals surface area contributed by atoms with Crippen LogP contribution in [0, 0.1) is 0 Å². The summed E-state index contributed by atoms with van der Waals surface area (Å²) in [5.74, 6) is 0. The summed E-state index contributed by atoms with van der Waals surface area (Å²) in [6.45, 7) is 1.14. The third kappa shape index (κ3) is 2.85. The second-order valence-electron chi connectivity index (χ2n) is 4.82. The number of hydrogen-bond acceptors (Lipinski definition) is 3. The minimum atomic E-state index is -0.135. The number of nitrogens with one attached hydrogen (secondary N) is 1. The van der Waals surface area contributed by atoms with Gasteiger partial charge in [0.05, 0.1) is 6.61 Å². The first-order valence-electron chi connectivity index (χ1n) is 6.67. The number of H-pyrrole nitrogens is 1. The van der Waals surface area contributed by atoms with Gasteiger partial charge in [-0.3, -0.25) is 4.79 Å². The standard InChI is InChI=1S/C15H17NO3/c17-15-13-6-2-1-5-11(13)9-12(16-15)10-19-14-7-3-4-8-18-14/h1-2,5-6,9,14H,3-4,7-8,10H2,(H,16,17). The molecule has 0 radical (unpaired) electrons. The van der Waals surface area contributed by atoms with E-state index in [4.69, 9.17) is 9.47 Å². The van der Waals surface area contributed by atoms with E-state index in [1.165, 1.54) is 0 Å². The molecule has 1 aromatic heterocycles. The third-order valence-corrected chi connectivity index (χ3v) is 3.37. The van der Waals surface area contributed by atoms with E-state index in [-0.39, 0.29) is 11.8 Å². The van der Waals surface area contributed by atoms with E-state index in [0.717, 1.165) is 36.9 Å². The van der Waals surface area contributed by atoms with Gasteiger partial charge in [0.25, 0.3) is 5.56 Å². The third-order valence-electron chi connectivity index (χ3n) is 3.37. The predicted molar refractivity (Wildman–Crippen MR) is 72.9 cm³/mol. The zero-order valence-corrected chi connectivity index (χ0v) is 10.7. The highest BCUT2D eigenvalue weighted by molar-refractivity contribution is 5.81. The molecule has 100 valence electrons. The Labute approximate surface area is 111 Å². The molecule has 2 aromatic rings. The van der Waals surface area contributed by atoms with Crippen LogP contribution in [0.15, 0.2) is 35.1 Å². The van der Waals surface area contributed by atoms with Crippen LogP contribution in [0.25, 0.3) is 10.8 Å². The molecule has 4 nitrogen and oxygen atoms in total. The number of aromatic nitrogens is 1. The molecule has 4 heteroatoms. The van der Waals surface area contributed by atoms with Crippen LogP contribution in [-0.4, -0.2) is 17.9 Å². The molecule has 1 aliphatic rings. The fraction of sp³-hybridized carbons (Fsp3) is 0.400. The van der Waals surface area contributed by atoms with Gasteiger partial charge in [0, 0.05) is 17.7 Å². The molecule has 1 aliphatic heterocycles. The van der Waals surface area contributed by atoms with Crippen LogP contribution >= 0.6 is 0 Å². The lowest BCUT2D eigenvalue weighted by Crippen LogP contribution is -2.22. The fourth-order valence-electron chi connectivity index (χ4n) is 2.37. The maximum absolute atomic E-state index is 11.9. The predicted octanol–water partition coefficient (Wildman–Crippen LogP) is 2.57. The van der Waals surface area contributed by atoms with Crippen molar-refractivity contribution in [1.29, 1.82) is 0 Å². The molecular formula is C15H17NO3. The Balaban J connectivity index is 1.75. The van der Waals surface area contributed by atoms with Crippen molar-refractivity contribution in [1.82, 2.24) is 4.98 Å². The van der Waals surface area contributed by atoms with E-state index >= 15 is 0 Å². The Bertz CT molecular complexity index is 614. The van der Waals surface area contributed by atoms with Gasteiger partial charge in [0.2, 0.25) is 0 Å². The number of aromatic amines is 1. The summed E-state index contributed by atoms with van der Waals surface area (Å²) in [4.78, 5) is 14.8. The molecule has 2 heterocycles. The SMILES string of the molecule is O=c1[nH]c(COC2CCCCO2)cc2ccccc12. The average molecular weight is 259 g/mol. The quantitative estimate of drug-likeness (QED) is 0.921. The van der Waals surface area contributed by atoms with Gasteiger partial charge >= 0.3 is 0 Å². The topological polar surface area (TPSA) is 51.3 Å². The summed E-state index contributed by atoms with van der Waals surface area (Å²) in [5.41, 5.74) is 0.721. The first-order valence-corrected chi connectivity index (χ1v) is 6.67. The van der Waals surface area contributed by atoms with Crippen molar-refractivity contribution >= 4 is 10.8 Å². The summed E-state index contributed by atoms with van der Waals surface area (Å²) in [6, 6.07) is 9.51. The Hall–Kier alpha value is -1.65. The number of ether oxygens (including phenoxy) is 2. The summed E-state index contributed by atoms with van der Waals surface area (Å²) in [5, 5.41) is 1.65. The van der Waals surface area contributed by atoms with Crippen LogP contribution in [0.1, 0.15) is 25.0 Å². The van der Waals surface area contributed by atoms with Gasteiger partial charge in [-0.05, 0) is 36.8 Å². The highest BCUT2D eigenvalue weighted by Crippen LogP contribution is 2.16. The number of hydrogen-bond donors (Lipinski definition) is 1. The maximum Gasteiger partial charge on any atom is 0.256 e. The van der Waals surface area contributed by atoms with Gasteiger partial charge in [0.15, 0.2) is 6.29 Å². The molecule has 3 rings (SSSR count). The van der Waals surface area contributed by atoms with Crippen molar-refractivity contribution in [3.05, 3.63) is 46.4 Å². The first-order chi connectivity index (χ1) is 9.33. The van der Waals surface area contributed by atoms with Gasteiger partial charge in [0.1, 0.15) is 0 Å². The summed E-state index contributed by atoms with van der Waals surface area (Å²) >= 11 is 0. The molecule has 1 unspecified atom stereocenters. The molecule has 1 saturated heterocycles. The van der Waals surface area contributed by atoms with E-state index < -0.39 is 0 Å². The van der Waals surface area contributed by atoms with Crippen molar-refractivity contribution in [3.8, 4) is 0 Å². The first kappa shape index (κ1) is 12.4. The zero-order valence-electron chi connectivity index (χ0n) is 10.7. The van der Waals surface area contributed by atoms with Crippen LogP contribution in [0.5, 0.6) is 0 Å². The van der Waals surface area contributed by atoms with E-state index in [9.17, 15) is 4.79 Å². The Morgan fingerprint density at radius 3 is 3.05 bits per heavy atom. The molecule has 0 aliphatic carbocycles. The number of fused-ring (bicyclic) bond motifs is 1. The molecule has 1 N–H and O–H groups in total. The molecule has 0 bridgehead atoms. The number of pyridine rings is 1. The van der Waals surface area contributed by atoms with Gasteiger partial charge < -0.3 is 14.5 Å². The lowest BCUT2D eigenvalue weighted by atomic mass is 10.1. The summed E-state index contributed by atoms with van der Waals surface area (Å²) < 4.78 is 11.2. The van der Waals surface area contributed by atoms with E-state index in [1.54, 1.807) is 0 Å². The van der Waals surface area contributed by atoms with Crippen molar-refractivity contribution in [2.75, 3.05) is 6.61 Å². The van der Waals surface area contributed by atoms with Gasteiger partial charge in [-0.2, -0.15) is 0 Å². The van der Waals surface area contributed by atoms with Crippen LogP contribution < -0.4 is 5.56 Å². The van der Waals surface area contributed by atoms with Gasteiger partial charge in [-0.25, -0.2) is 0 Å². The second-order valence-corrected chi connectivity index (χ2v) is 4.82. The molecule has 1 atom stereocenters. The number of rotatable bonds is 3. The van der Waals surface area contributed by atoms with Gasteiger partial charge in [-0.15, -0.1) is 0 Å². The van der Waals surface area contributed by atoms with Crippen molar-refractivity contribution in [2.45, 2.75) is 32.2 Å². The molecule has 19 heavy (non-hydrogen) atoms. The largest absolute Gasteiger partial charge is 0.353 e. The smallest absolute Gasteiger partial charge is 0.256 e. The second kappa shape index (κ2) is 5.55. The van der Waals surface area contributed by atoms with Crippen LogP contribution in [0.3, 0.4) is 0 Å². The van der Waals surface area contributed by atoms with E-state index in [2.05, 4.69) is 4.98 Å². The Morgan fingerprint density at radius 1 is 1.32 bits per heavy atom. The monoisotopic (exact) mass is 259 g/mol. The molecule has 0 spiro atoms. The van der Waals surface area contributed by atoms with Gasteiger partial charge in [-0.1, -0.05) is 18.2 Å². The molecule has 1 aromatic carbocycles. The van der Waals surface area contributed by atoms with E-state index in [1.807, 2.05) is 30.3 Å². The Morgan fingerprint density at radius 2 is 2.21 bits per heavy atom. The lowest BCUT2D eigenvalue weighted by molar-refractivity contribution is -0.169. The average Bonchev–Trinajstić information content (AvgIpc) is 2.46. The van der Waals surface area contributed by atoms with Crippen molar-refractivity contribution in [2.24, 2.45) is 0 Å². The lowest BCUT2D eigenvalue weighted by Gasteiger charge is -2.22. The molecule has 0 saturated carbocycles. The molecule has 1 fully saturated rings. The highest BCUT2D eigenvalue weighted by Gasteiger charge is 2.14. The fourth-order valence-corrected chi connectivity index (χ4v) is 2.37. The summed E-state index contributed by atoms with van der Waals surface area (Å²) in [6.07, 6.45) is 3.03. The van der Waals surface area contributed by atoms with E-state index in [0.29, 0.717) is 12.0 Å². The highest BCUT2D eigenvalue weighted by atomic mass is 16.7. The minimum absolute atomic E-state index is 0.0683. The van der Waals surface area contributed by atoms with Crippen LogP contribution in [0.2, 0.25) is 0 Å². The normalized spacial score (nSPS) is 19.7. The van der Waals surface area contributed by atoms with Crippen LogP contribution in [0.4, 0.5) is 0 Å². The van der Waals surface area contributed by atoms with Crippen LogP contribution in [-0.2, 0) is 16.1 Å². The zero-order chi connectivity index (χ0) is 13.1. The van der Waals surface area contributed by atoms with Crippen molar-refractivity contribution < 1.29 is 9.47 Å². The maximum atomic E-state index is 11.9.